The van der Waals surface area contributed by atoms with Gasteiger partial charge in [-0.15, -0.1) is 0 Å². The Morgan fingerprint density at radius 3 is 2.07 bits per heavy atom. The number of para-hydroxylation sites is 1. The van der Waals surface area contributed by atoms with Crippen molar-refractivity contribution in [2.75, 3.05) is 31.6 Å². The molecule has 0 aliphatic heterocycles. The van der Waals surface area contributed by atoms with E-state index in [1.54, 1.807) is 37.3 Å². The standard InChI is InChI=1S/C31H39N3O6S/c1-6-23(2)32-31(36)24(3)33(20-19-25-13-9-7-10-14-25)30(35)22-34(26-15-11-8-12-16-26)41(37,38)27-17-18-28(39-4)29(21-27)40-5/h7-18,21,23-24H,6,19-20,22H2,1-5H3,(H,32,36)/t23-,24+/m1/s1. The fourth-order valence-corrected chi connectivity index (χ4v) is 5.69. The Morgan fingerprint density at radius 2 is 1.49 bits per heavy atom. The Morgan fingerprint density at radius 1 is 0.878 bits per heavy atom. The molecule has 41 heavy (non-hydrogen) atoms. The first kappa shape index (κ1) is 31.5. The van der Waals surface area contributed by atoms with Crippen LogP contribution in [0.3, 0.4) is 0 Å². The van der Waals surface area contributed by atoms with Gasteiger partial charge in [0.2, 0.25) is 11.8 Å². The maximum Gasteiger partial charge on any atom is 0.264 e. The van der Waals surface area contributed by atoms with E-state index in [-0.39, 0.29) is 29.1 Å². The number of carbonyl (C=O) groups is 2. The van der Waals surface area contributed by atoms with Crippen molar-refractivity contribution in [3.63, 3.8) is 0 Å². The van der Waals surface area contributed by atoms with E-state index >= 15 is 0 Å². The predicted octanol–water partition coefficient (Wildman–Crippen LogP) is 4.27. The van der Waals surface area contributed by atoms with Gasteiger partial charge in [-0.1, -0.05) is 55.5 Å². The number of sulfonamides is 1. The van der Waals surface area contributed by atoms with Crippen LogP contribution in [-0.2, 0) is 26.0 Å². The summed E-state index contributed by atoms with van der Waals surface area (Å²) in [6.07, 6.45) is 1.24. The number of methoxy groups -OCH3 is 2. The van der Waals surface area contributed by atoms with E-state index in [1.165, 1.54) is 37.3 Å². The smallest absolute Gasteiger partial charge is 0.264 e. The molecule has 3 aromatic carbocycles. The fourth-order valence-electron chi connectivity index (χ4n) is 4.26. The van der Waals surface area contributed by atoms with Crippen LogP contribution in [0.25, 0.3) is 0 Å². The molecule has 0 aliphatic carbocycles. The number of nitrogens with one attached hydrogen (secondary N) is 1. The third kappa shape index (κ3) is 8.00. The molecule has 220 valence electrons. The van der Waals surface area contributed by atoms with Gasteiger partial charge in [-0.3, -0.25) is 13.9 Å². The summed E-state index contributed by atoms with van der Waals surface area (Å²) >= 11 is 0. The molecule has 0 aliphatic rings. The van der Waals surface area contributed by atoms with Crippen LogP contribution >= 0.6 is 0 Å². The van der Waals surface area contributed by atoms with E-state index in [2.05, 4.69) is 5.32 Å². The van der Waals surface area contributed by atoms with Gasteiger partial charge < -0.3 is 19.7 Å². The van der Waals surface area contributed by atoms with Gasteiger partial charge in [-0.2, -0.15) is 0 Å². The summed E-state index contributed by atoms with van der Waals surface area (Å²) in [5, 5.41) is 2.94. The molecule has 10 heteroatoms. The van der Waals surface area contributed by atoms with Crippen LogP contribution < -0.4 is 19.1 Å². The highest BCUT2D eigenvalue weighted by atomic mass is 32.2. The van der Waals surface area contributed by atoms with Crippen molar-refractivity contribution in [2.24, 2.45) is 0 Å². The molecular formula is C31H39N3O6S. The lowest BCUT2D eigenvalue weighted by Crippen LogP contribution is -2.53. The highest BCUT2D eigenvalue weighted by Gasteiger charge is 2.33. The number of hydrogen-bond donors (Lipinski definition) is 1. The van der Waals surface area contributed by atoms with E-state index in [0.717, 1.165) is 16.3 Å². The zero-order valence-electron chi connectivity index (χ0n) is 24.2. The lowest BCUT2D eigenvalue weighted by atomic mass is 10.1. The number of nitrogens with zero attached hydrogens (tertiary/aromatic N) is 2. The lowest BCUT2D eigenvalue weighted by molar-refractivity contribution is -0.139. The molecular weight excluding hydrogens is 542 g/mol. The number of anilines is 1. The molecule has 0 bridgehead atoms. The number of amides is 2. The molecule has 0 fully saturated rings. The summed E-state index contributed by atoms with van der Waals surface area (Å²) in [6.45, 7) is 5.25. The van der Waals surface area contributed by atoms with Crippen molar-refractivity contribution in [3.05, 3.63) is 84.4 Å². The zero-order chi connectivity index (χ0) is 30.0. The first-order chi connectivity index (χ1) is 19.6. The Bertz CT molecular complexity index is 1400. The highest BCUT2D eigenvalue weighted by Crippen LogP contribution is 2.32. The second-order valence-corrected chi connectivity index (χ2v) is 11.5. The Balaban J connectivity index is 1.99. The normalized spacial score (nSPS) is 12.6. The average molecular weight is 582 g/mol. The maximum atomic E-state index is 14.0. The van der Waals surface area contributed by atoms with Crippen molar-refractivity contribution in [1.29, 1.82) is 0 Å². The molecule has 0 saturated carbocycles. The second kappa shape index (κ2) is 14.5. The molecule has 2 atom stereocenters. The molecule has 0 spiro atoms. The molecule has 3 rings (SSSR count). The molecule has 1 N–H and O–H groups in total. The quantitative estimate of drug-likeness (QED) is 0.305. The van der Waals surface area contributed by atoms with Crippen molar-refractivity contribution in [3.8, 4) is 11.5 Å². The van der Waals surface area contributed by atoms with Crippen molar-refractivity contribution in [2.45, 2.75) is 50.6 Å². The summed E-state index contributed by atoms with van der Waals surface area (Å²) in [5.41, 5.74) is 1.31. The Hall–Kier alpha value is -4.05. The largest absolute Gasteiger partial charge is 0.493 e. The summed E-state index contributed by atoms with van der Waals surface area (Å²) in [7, 11) is -1.34. The Kier molecular flexibility index (Phi) is 11.2. The van der Waals surface area contributed by atoms with Gasteiger partial charge in [0.25, 0.3) is 10.0 Å². The van der Waals surface area contributed by atoms with Crippen LogP contribution in [0.15, 0.2) is 83.8 Å². The second-order valence-electron chi connectivity index (χ2n) is 9.68. The van der Waals surface area contributed by atoms with Crippen molar-refractivity contribution >= 4 is 27.5 Å². The summed E-state index contributed by atoms with van der Waals surface area (Å²) < 4.78 is 39.7. The molecule has 9 nitrogen and oxygen atoms in total. The van der Waals surface area contributed by atoms with Gasteiger partial charge in [-0.25, -0.2) is 8.42 Å². The van der Waals surface area contributed by atoms with Gasteiger partial charge in [0.15, 0.2) is 11.5 Å². The number of benzene rings is 3. The average Bonchev–Trinajstić information content (AvgIpc) is 3.00. The molecule has 3 aromatic rings. The molecule has 2 amide bonds. The van der Waals surface area contributed by atoms with Crippen LogP contribution in [0.5, 0.6) is 11.5 Å². The maximum absolute atomic E-state index is 14.0. The van der Waals surface area contributed by atoms with Gasteiger partial charge in [-0.05, 0) is 56.5 Å². The summed E-state index contributed by atoms with van der Waals surface area (Å²) in [6, 6.07) is 21.4. The Labute approximate surface area is 243 Å². The van der Waals surface area contributed by atoms with E-state index < -0.39 is 28.5 Å². The molecule has 0 radical (unpaired) electrons. The minimum atomic E-state index is -4.23. The van der Waals surface area contributed by atoms with Gasteiger partial charge in [0, 0.05) is 18.7 Å². The van der Waals surface area contributed by atoms with Crippen LogP contribution in [0, 0.1) is 0 Å². The van der Waals surface area contributed by atoms with Crippen molar-refractivity contribution < 1.29 is 27.5 Å². The van der Waals surface area contributed by atoms with Gasteiger partial charge in [0.05, 0.1) is 24.8 Å². The first-order valence-corrected chi connectivity index (χ1v) is 15.0. The SMILES string of the molecule is CC[C@@H](C)NC(=O)[C@H](C)N(CCc1ccccc1)C(=O)CN(c1ccccc1)S(=O)(=O)c1ccc(OC)c(OC)c1. The molecule has 0 aromatic heterocycles. The summed E-state index contributed by atoms with van der Waals surface area (Å²) in [5.74, 6) is -0.176. The van der Waals surface area contributed by atoms with E-state index in [4.69, 9.17) is 9.47 Å². The van der Waals surface area contributed by atoms with Gasteiger partial charge in [0.1, 0.15) is 12.6 Å². The number of hydrogen-bond acceptors (Lipinski definition) is 6. The minimum Gasteiger partial charge on any atom is -0.493 e. The third-order valence-corrected chi connectivity index (χ3v) is 8.69. The molecule has 0 unspecified atom stereocenters. The number of carbonyl (C=O) groups excluding carboxylic acids is 2. The van der Waals surface area contributed by atoms with Crippen LogP contribution in [0.2, 0.25) is 0 Å². The molecule has 0 saturated heterocycles. The highest BCUT2D eigenvalue weighted by molar-refractivity contribution is 7.92. The zero-order valence-corrected chi connectivity index (χ0v) is 25.1. The first-order valence-electron chi connectivity index (χ1n) is 13.6. The van der Waals surface area contributed by atoms with E-state index in [1.807, 2.05) is 44.2 Å². The van der Waals surface area contributed by atoms with Gasteiger partial charge >= 0.3 is 0 Å². The van der Waals surface area contributed by atoms with E-state index in [9.17, 15) is 18.0 Å². The van der Waals surface area contributed by atoms with Crippen molar-refractivity contribution in [1.82, 2.24) is 10.2 Å². The van der Waals surface area contributed by atoms with E-state index in [0.29, 0.717) is 17.9 Å². The predicted molar refractivity (Wildman–Crippen MR) is 160 cm³/mol. The summed E-state index contributed by atoms with van der Waals surface area (Å²) in [4.78, 5) is 28.4. The lowest BCUT2D eigenvalue weighted by Gasteiger charge is -2.32. The number of ether oxygens (including phenoxy) is 2. The van der Waals surface area contributed by atoms with Crippen LogP contribution in [0.1, 0.15) is 32.8 Å². The minimum absolute atomic E-state index is 0.0646. The third-order valence-electron chi connectivity index (χ3n) is 6.92. The monoisotopic (exact) mass is 581 g/mol. The topological polar surface area (TPSA) is 105 Å². The van der Waals surface area contributed by atoms with Crippen LogP contribution in [-0.4, -0.2) is 64.5 Å². The number of rotatable bonds is 14. The molecule has 0 heterocycles. The van der Waals surface area contributed by atoms with Crippen LogP contribution in [0.4, 0.5) is 5.69 Å². The fraction of sp³-hybridized carbons (Fsp3) is 0.355.